The van der Waals surface area contributed by atoms with Crippen LogP contribution in [0.25, 0.3) is 0 Å². The summed E-state index contributed by atoms with van der Waals surface area (Å²) in [5.74, 6) is -0.444. The second-order valence-electron chi connectivity index (χ2n) is 7.57. The topological polar surface area (TPSA) is 88.9 Å². The Morgan fingerprint density at radius 3 is 2.45 bits per heavy atom. The first-order valence-electron chi connectivity index (χ1n) is 9.99. The Morgan fingerprint density at radius 2 is 1.82 bits per heavy atom. The molecule has 0 bridgehead atoms. The molecule has 3 aromatic rings. The maximum absolute atomic E-state index is 13.3. The molecule has 11 heteroatoms. The van der Waals surface area contributed by atoms with E-state index in [4.69, 9.17) is 23.2 Å². The van der Waals surface area contributed by atoms with E-state index < -0.39 is 11.9 Å². The quantitative estimate of drug-likeness (QED) is 0.411. The van der Waals surface area contributed by atoms with Crippen LogP contribution >= 0.6 is 35.0 Å². The third-order valence-corrected chi connectivity index (χ3v) is 6.30. The number of halogens is 3. The summed E-state index contributed by atoms with van der Waals surface area (Å²) in [6.07, 6.45) is 0. The lowest BCUT2D eigenvalue weighted by atomic mass is 10.0. The van der Waals surface area contributed by atoms with Crippen molar-refractivity contribution in [1.82, 2.24) is 20.1 Å². The first-order chi connectivity index (χ1) is 15.7. The van der Waals surface area contributed by atoms with Gasteiger partial charge in [0.05, 0.1) is 16.8 Å². The summed E-state index contributed by atoms with van der Waals surface area (Å²) < 4.78 is 15.0. The molecule has 0 aliphatic rings. The number of anilines is 1. The molecule has 2 aromatic carbocycles. The predicted octanol–water partition coefficient (Wildman–Crippen LogP) is 5.12. The Labute approximate surface area is 205 Å². The van der Waals surface area contributed by atoms with Crippen LogP contribution in [0.2, 0.25) is 10.0 Å². The first kappa shape index (κ1) is 25.0. The average Bonchev–Trinajstić information content (AvgIpc) is 3.13. The molecule has 0 radical (unpaired) electrons. The molecule has 1 heterocycles. The molecule has 0 saturated carbocycles. The summed E-state index contributed by atoms with van der Waals surface area (Å²) in [6, 6.07) is 10.2. The normalized spacial score (nSPS) is 12.0. The fourth-order valence-corrected chi connectivity index (χ4v) is 4.00. The first-order valence-corrected chi connectivity index (χ1v) is 11.7. The van der Waals surface area contributed by atoms with Gasteiger partial charge in [0.15, 0.2) is 11.0 Å². The zero-order valence-corrected chi connectivity index (χ0v) is 20.4. The molecule has 2 N–H and O–H groups in total. The molecule has 0 spiro atoms. The molecular formula is C22H22Cl2FN5O2S. The van der Waals surface area contributed by atoms with Crippen molar-refractivity contribution in [2.75, 3.05) is 11.1 Å². The smallest absolute Gasteiger partial charge is 0.251 e. The minimum Gasteiger partial charge on any atom is -0.342 e. The molecule has 1 aromatic heterocycles. The Balaban J connectivity index is 1.65. The van der Waals surface area contributed by atoms with E-state index in [-0.39, 0.29) is 28.5 Å². The van der Waals surface area contributed by atoms with Crippen LogP contribution in [0.1, 0.15) is 36.1 Å². The lowest BCUT2D eigenvalue weighted by Crippen LogP contribution is -2.33. The summed E-state index contributed by atoms with van der Waals surface area (Å²) >= 11 is 12.8. The van der Waals surface area contributed by atoms with E-state index in [1.54, 1.807) is 35.9 Å². The van der Waals surface area contributed by atoms with Crippen molar-refractivity contribution in [3.05, 3.63) is 69.7 Å². The van der Waals surface area contributed by atoms with Crippen molar-refractivity contribution in [2.24, 2.45) is 13.0 Å². The van der Waals surface area contributed by atoms with E-state index in [2.05, 4.69) is 20.8 Å². The number of amides is 2. The lowest BCUT2D eigenvalue weighted by molar-refractivity contribution is -0.113. The lowest BCUT2D eigenvalue weighted by Gasteiger charge is -2.21. The van der Waals surface area contributed by atoms with Gasteiger partial charge in [-0.1, -0.05) is 48.8 Å². The summed E-state index contributed by atoms with van der Waals surface area (Å²) in [5, 5.41) is 15.1. The average molecular weight is 510 g/mol. The maximum Gasteiger partial charge on any atom is 0.251 e. The van der Waals surface area contributed by atoms with Crippen LogP contribution in [-0.2, 0) is 11.8 Å². The Hall–Kier alpha value is -2.62. The van der Waals surface area contributed by atoms with Gasteiger partial charge in [-0.2, -0.15) is 0 Å². The van der Waals surface area contributed by atoms with Crippen molar-refractivity contribution in [3.8, 4) is 0 Å². The molecule has 0 aliphatic carbocycles. The number of hydrogen-bond donors (Lipinski definition) is 2. The standard InChI is InChI=1S/C22H22Cl2FN5O2S/c1-12(2)19(27-21(32)13-4-6-14(23)7-5-13)20-28-29-22(30(20)3)33-11-18(31)26-15-8-9-17(25)16(24)10-15/h4-10,12,19H,11H2,1-3H3,(H,26,31)(H,27,32)/t19-/m0/s1. The molecule has 3 rings (SSSR count). The van der Waals surface area contributed by atoms with E-state index >= 15 is 0 Å². The van der Waals surface area contributed by atoms with Crippen LogP contribution in [-0.4, -0.2) is 32.3 Å². The van der Waals surface area contributed by atoms with Crippen molar-refractivity contribution < 1.29 is 14.0 Å². The number of carbonyl (C=O) groups excluding carboxylic acids is 2. The third-order valence-electron chi connectivity index (χ3n) is 4.74. The number of nitrogens with zero attached hydrogens (tertiary/aromatic N) is 3. The molecule has 2 amide bonds. The molecule has 0 aliphatic heterocycles. The summed E-state index contributed by atoms with van der Waals surface area (Å²) in [4.78, 5) is 25.0. The Morgan fingerprint density at radius 1 is 1.12 bits per heavy atom. The molecule has 0 fully saturated rings. The van der Waals surface area contributed by atoms with Gasteiger partial charge in [-0.05, 0) is 48.4 Å². The fraction of sp³-hybridized carbons (Fsp3) is 0.273. The highest BCUT2D eigenvalue weighted by atomic mass is 35.5. The van der Waals surface area contributed by atoms with Gasteiger partial charge in [0, 0.05) is 23.3 Å². The molecule has 7 nitrogen and oxygen atoms in total. The van der Waals surface area contributed by atoms with Gasteiger partial charge >= 0.3 is 0 Å². The number of thioether (sulfide) groups is 1. The van der Waals surface area contributed by atoms with Crippen LogP contribution in [0.4, 0.5) is 10.1 Å². The van der Waals surface area contributed by atoms with Gasteiger partial charge < -0.3 is 15.2 Å². The van der Waals surface area contributed by atoms with Crippen LogP contribution in [0.5, 0.6) is 0 Å². The van der Waals surface area contributed by atoms with Crippen LogP contribution in [0.15, 0.2) is 47.6 Å². The number of aromatic nitrogens is 3. The second kappa shape index (κ2) is 11.0. The van der Waals surface area contributed by atoms with Gasteiger partial charge in [-0.25, -0.2) is 4.39 Å². The summed E-state index contributed by atoms with van der Waals surface area (Å²) in [6.45, 7) is 3.94. The Kier molecular flexibility index (Phi) is 8.34. The highest BCUT2D eigenvalue weighted by Gasteiger charge is 2.25. The highest BCUT2D eigenvalue weighted by Crippen LogP contribution is 2.25. The minimum atomic E-state index is -0.557. The van der Waals surface area contributed by atoms with E-state index in [1.165, 1.54) is 30.0 Å². The van der Waals surface area contributed by atoms with Crippen molar-refractivity contribution in [2.45, 2.75) is 25.0 Å². The zero-order chi connectivity index (χ0) is 24.1. The summed E-state index contributed by atoms with van der Waals surface area (Å²) in [7, 11) is 1.78. The molecular weight excluding hydrogens is 488 g/mol. The van der Waals surface area contributed by atoms with Crippen LogP contribution in [0.3, 0.4) is 0 Å². The van der Waals surface area contributed by atoms with Gasteiger partial charge in [0.1, 0.15) is 5.82 Å². The van der Waals surface area contributed by atoms with Gasteiger partial charge in [-0.15, -0.1) is 10.2 Å². The molecule has 174 valence electrons. The minimum absolute atomic E-state index is 0.0357. The van der Waals surface area contributed by atoms with Gasteiger partial charge in [0.2, 0.25) is 5.91 Å². The number of benzene rings is 2. The Bertz CT molecular complexity index is 1150. The monoisotopic (exact) mass is 509 g/mol. The maximum atomic E-state index is 13.3. The van der Waals surface area contributed by atoms with Crippen molar-refractivity contribution >= 4 is 52.5 Å². The number of nitrogens with one attached hydrogen (secondary N) is 2. The van der Waals surface area contributed by atoms with Crippen LogP contribution in [0, 0.1) is 11.7 Å². The van der Waals surface area contributed by atoms with E-state index in [0.717, 1.165) is 0 Å². The molecule has 0 saturated heterocycles. The fourth-order valence-electron chi connectivity index (χ4n) is 2.98. The van der Waals surface area contributed by atoms with E-state index in [1.807, 2.05) is 13.8 Å². The van der Waals surface area contributed by atoms with E-state index in [0.29, 0.717) is 27.3 Å². The summed E-state index contributed by atoms with van der Waals surface area (Å²) in [5.41, 5.74) is 0.884. The second-order valence-corrected chi connectivity index (χ2v) is 9.35. The molecule has 33 heavy (non-hydrogen) atoms. The van der Waals surface area contributed by atoms with Gasteiger partial charge in [-0.3, -0.25) is 9.59 Å². The zero-order valence-electron chi connectivity index (χ0n) is 18.1. The SMILES string of the molecule is CC(C)[C@H](NC(=O)c1ccc(Cl)cc1)c1nnc(SCC(=O)Nc2ccc(F)c(Cl)c2)n1C. The predicted molar refractivity (Wildman–Crippen MR) is 128 cm³/mol. The van der Waals surface area contributed by atoms with Gasteiger partial charge in [0.25, 0.3) is 5.91 Å². The molecule has 1 atom stereocenters. The molecule has 0 unspecified atom stereocenters. The number of hydrogen-bond acceptors (Lipinski definition) is 5. The van der Waals surface area contributed by atoms with Crippen LogP contribution < -0.4 is 10.6 Å². The van der Waals surface area contributed by atoms with Crippen molar-refractivity contribution in [3.63, 3.8) is 0 Å². The highest BCUT2D eigenvalue weighted by molar-refractivity contribution is 7.99. The van der Waals surface area contributed by atoms with E-state index in [9.17, 15) is 14.0 Å². The third kappa shape index (κ3) is 6.46. The largest absolute Gasteiger partial charge is 0.342 e. The number of carbonyl (C=O) groups is 2. The van der Waals surface area contributed by atoms with Crippen molar-refractivity contribution in [1.29, 1.82) is 0 Å². The number of rotatable bonds is 8.